The Balaban J connectivity index is 1.37. The molecule has 1 aliphatic rings. The summed E-state index contributed by atoms with van der Waals surface area (Å²) >= 11 is 12.9. The number of carbonyl (C=O) groups excluding carboxylic acids is 3. The number of fused-ring (bicyclic) bond motifs is 1. The molecule has 0 saturated carbocycles. The first-order valence-electron chi connectivity index (χ1n) is 12.6. The lowest BCUT2D eigenvalue weighted by molar-refractivity contribution is -0.142. The van der Waals surface area contributed by atoms with Crippen LogP contribution < -0.4 is 21.3 Å². The molecule has 3 amide bonds. The second kappa shape index (κ2) is 13.4. The monoisotopic (exact) mass is 568 g/mol. The number of nitrogens with one attached hydrogen (secondary N) is 4. The summed E-state index contributed by atoms with van der Waals surface area (Å²) < 4.78 is 4.84. The molecule has 10 heteroatoms. The smallest absolute Gasteiger partial charge is 0.330 e. The zero-order chi connectivity index (χ0) is 27.8. The summed E-state index contributed by atoms with van der Waals surface area (Å²) in [6.07, 6.45) is 2.42. The molecule has 0 radical (unpaired) electrons. The fourth-order valence-electron chi connectivity index (χ4n) is 4.56. The van der Waals surface area contributed by atoms with Gasteiger partial charge in [0.1, 0.15) is 6.04 Å². The number of esters is 1. The van der Waals surface area contributed by atoms with E-state index in [-0.39, 0.29) is 28.2 Å². The van der Waals surface area contributed by atoms with Gasteiger partial charge in [0.05, 0.1) is 41.0 Å². The van der Waals surface area contributed by atoms with Crippen LogP contribution in [0, 0.1) is 0 Å². The SMILES string of the molecule is COC(=O)C(CNC(=O)N[C@@H]1CCc2ccccc21)NC(=O)c1c(Cl)ccc(NCCc2ccccc2)c1Cl. The van der Waals surface area contributed by atoms with Crippen LogP contribution >= 0.6 is 23.2 Å². The highest BCUT2D eigenvalue weighted by molar-refractivity contribution is 6.41. The Hall–Kier alpha value is -3.75. The maximum Gasteiger partial charge on any atom is 0.330 e. The minimum Gasteiger partial charge on any atom is -0.467 e. The molecule has 4 N–H and O–H groups in total. The summed E-state index contributed by atoms with van der Waals surface area (Å²) in [5.74, 6) is -1.39. The average Bonchev–Trinajstić information content (AvgIpc) is 3.35. The minimum absolute atomic E-state index is 0.0176. The number of urea groups is 1. The topological polar surface area (TPSA) is 109 Å². The highest BCUT2D eigenvalue weighted by atomic mass is 35.5. The molecule has 8 nitrogen and oxygen atoms in total. The summed E-state index contributed by atoms with van der Waals surface area (Å²) in [5, 5.41) is 11.6. The van der Waals surface area contributed by atoms with E-state index in [2.05, 4.69) is 21.3 Å². The molecule has 0 aliphatic heterocycles. The molecular weight excluding hydrogens is 539 g/mol. The van der Waals surface area contributed by atoms with Crippen molar-refractivity contribution in [2.24, 2.45) is 0 Å². The quantitative estimate of drug-likeness (QED) is 0.260. The lowest BCUT2D eigenvalue weighted by atomic mass is 10.1. The highest BCUT2D eigenvalue weighted by Crippen LogP contribution is 2.32. The summed E-state index contributed by atoms with van der Waals surface area (Å²) in [6, 6.07) is 19.4. The van der Waals surface area contributed by atoms with Crippen molar-refractivity contribution in [1.29, 1.82) is 0 Å². The molecule has 3 aromatic rings. The van der Waals surface area contributed by atoms with Crippen LogP contribution in [0.4, 0.5) is 10.5 Å². The van der Waals surface area contributed by atoms with Gasteiger partial charge in [-0.05, 0) is 48.1 Å². The predicted octanol–water partition coefficient (Wildman–Crippen LogP) is 4.91. The third-order valence-electron chi connectivity index (χ3n) is 6.59. The van der Waals surface area contributed by atoms with Gasteiger partial charge in [-0.15, -0.1) is 0 Å². The van der Waals surface area contributed by atoms with Crippen molar-refractivity contribution >= 4 is 46.8 Å². The molecule has 0 heterocycles. The summed E-state index contributed by atoms with van der Waals surface area (Å²) in [6.45, 7) is 0.393. The number of anilines is 1. The van der Waals surface area contributed by atoms with Crippen molar-refractivity contribution in [3.05, 3.63) is 99.0 Å². The van der Waals surface area contributed by atoms with Gasteiger partial charge in [-0.2, -0.15) is 0 Å². The van der Waals surface area contributed by atoms with Crippen LogP contribution in [0.15, 0.2) is 66.7 Å². The van der Waals surface area contributed by atoms with Gasteiger partial charge < -0.3 is 26.0 Å². The Labute approximate surface area is 237 Å². The van der Waals surface area contributed by atoms with E-state index >= 15 is 0 Å². The minimum atomic E-state index is -1.16. The van der Waals surface area contributed by atoms with E-state index in [9.17, 15) is 14.4 Å². The van der Waals surface area contributed by atoms with Gasteiger partial charge in [0.25, 0.3) is 5.91 Å². The number of methoxy groups -OCH3 is 1. The Morgan fingerprint density at radius 1 is 1.00 bits per heavy atom. The van der Waals surface area contributed by atoms with E-state index in [4.69, 9.17) is 27.9 Å². The number of hydrogen-bond donors (Lipinski definition) is 4. The van der Waals surface area contributed by atoms with Gasteiger partial charge in [-0.25, -0.2) is 9.59 Å². The van der Waals surface area contributed by atoms with Gasteiger partial charge in [-0.1, -0.05) is 77.8 Å². The van der Waals surface area contributed by atoms with Crippen LogP contribution in [0.1, 0.15) is 39.5 Å². The number of ether oxygens (including phenoxy) is 1. The normalized spacial score (nSPS) is 14.6. The Morgan fingerprint density at radius 3 is 2.51 bits per heavy atom. The van der Waals surface area contributed by atoms with E-state index < -0.39 is 23.9 Å². The Kier molecular flexibility index (Phi) is 9.68. The van der Waals surface area contributed by atoms with Crippen LogP contribution in [-0.2, 0) is 22.4 Å². The van der Waals surface area contributed by atoms with E-state index in [1.807, 2.05) is 54.6 Å². The fourth-order valence-corrected chi connectivity index (χ4v) is 5.17. The summed E-state index contributed by atoms with van der Waals surface area (Å²) in [5.41, 5.74) is 3.98. The molecule has 3 aromatic carbocycles. The largest absolute Gasteiger partial charge is 0.467 e. The van der Waals surface area contributed by atoms with Crippen LogP contribution in [0.2, 0.25) is 10.0 Å². The molecule has 0 fully saturated rings. The zero-order valence-electron chi connectivity index (χ0n) is 21.4. The number of halogens is 2. The van der Waals surface area contributed by atoms with Gasteiger partial charge in [0, 0.05) is 6.54 Å². The lowest BCUT2D eigenvalue weighted by Gasteiger charge is -2.20. The highest BCUT2D eigenvalue weighted by Gasteiger charge is 2.27. The van der Waals surface area contributed by atoms with Crippen molar-refractivity contribution in [3.63, 3.8) is 0 Å². The van der Waals surface area contributed by atoms with Gasteiger partial charge in [-0.3, -0.25) is 4.79 Å². The first-order valence-corrected chi connectivity index (χ1v) is 13.4. The second-order valence-electron chi connectivity index (χ2n) is 9.14. The zero-order valence-corrected chi connectivity index (χ0v) is 22.9. The van der Waals surface area contributed by atoms with Crippen LogP contribution in [0.3, 0.4) is 0 Å². The summed E-state index contributed by atoms with van der Waals surface area (Å²) in [7, 11) is 1.20. The molecule has 39 heavy (non-hydrogen) atoms. The van der Waals surface area contributed by atoms with Crippen LogP contribution in [0.5, 0.6) is 0 Å². The Bertz CT molecular complexity index is 1340. The standard InChI is InChI=1S/C29H30Cl2N4O4/c1-39-28(37)24(17-33-29(38)35-22-13-11-19-9-5-6-10-20(19)22)34-27(36)25-21(30)12-14-23(26(25)31)32-16-15-18-7-3-2-4-8-18/h2-10,12,14,22,24,32H,11,13,15-17H2,1H3,(H,34,36)(H2,33,35,38)/t22-,24?/m1/s1. The van der Waals surface area contributed by atoms with Gasteiger partial charge in [0.2, 0.25) is 0 Å². The molecular formula is C29H30Cl2N4O4. The first kappa shape index (κ1) is 28.3. The number of aryl methyl sites for hydroxylation is 1. The summed E-state index contributed by atoms with van der Waals surface area (Å²) in [4.78, 5) is 38.2. The van der Waals surface area contributed by atoms with Crippen molar-refractivity contribution in [3.8, 4) is 0 Å². The van der Waals surface area contributed by atoms with Gasteiger partial charge >= 0.3 is 12.0 Å². The molecule has 204 valence electrons. The maximum absolute atomic E-state index is 13.2. The molecule has 0 saturated heterocycles. The van der Waals surface area contributed by atoms with Crippen molar-refractivity contribution in [1.82, 2.24) is 16.0 Å². The molecule has 0 aromatic heterocycles. The molecule has 1 unspecified atom stereocenters. The van der Waals surface area contributed by atoms with E-state index in [1.54, 1.807) is 12.1 Å². The van der Waals surface area contributed by atoms with Gasteiger partial charge in [0.15, 0.2) is 0 Å². The lowest BCUT2D eigenvalue weighted by Crippen LogP contribution is -2.51. The van der Waals surface area contributed by atoms with E-state index in [1.165, 1.54) is 12.7 Å². The molecule has 0 spiro atoms. The molecule has 4 rings (SSSR count). The van der Waals surface area contributed by atoms with E-state index in [0.717, 1.165) is 30.4 Å². The number of carbonyl (C=O) groups is 3. The van der Waals surface area contributed by atoms with Crippen LogP contribution in [0.25, 0.3) is 0 Å². The van der Waals surface area contributed by atoms with Crippen molar-refractivity contribution < 1.29 is 19.1 Å². The maximum atomic E-state index is 13.2. The van der Waals surface area contributed by atoms with Crippen molar-refractivity contribution in [2.75, 3.05) is 25.5 Å². The Morgan fingerprint density at radius 2 is 1.74 bits per heavy atom. The predicted molar refractivity (Wildman–Crippen MR) is 152 cm³/mol. The molecule has 1 aliphatic carbocycles. The fraction of sp³-hybridized carbons (Fsp3) is 0.276. The first-order chi connectivity index (χ1) is 18.9. The molecule has 2 atom stereocenters. The third kappa shape index (κ3) is 7.22. The third-order valence-corrected chi connectivity index (χ3v) is 7.29. The molecule has 0 bridgehead atoms. The number of hydrogen-bond acceptors (Lipinski definition) is 5. The second-order valence-corrected chi connectivity index (χ2v) is 9.93. The number of rotatable bonds is 10. The van der Waals surface area contributed by atoms with Crippen molar-refractivity contribution in [2.45, 2.75) is 31.3 Å². The van der Waals surface area contributed by atoms with E-state index in [0.29, 0.717) is 12.2 Å². The van der Waals surface area contributed by atoms with Crippen LogP contribution in [-0.4, -0.2) is 44.1 Å². The number of benzene rings is 3. The number of amides is 3. The average molecular weight is 569 g/mol.